The highest BCUT2D eigenvalue weighted by Gasteiger charge is 2.19. The van der Waals surface area contributed by atoms with Crippen LogP contribution < -0.4 is 0 Å². The highest BCUT2D eigenvalue weighted by Crippen LogP contribution is 2.32. The van der Waals surface area contributed by atoms with Gasteiger partial charge in [-0.05, 0) is 42.0 Å². The summed E-state index contributed by atoms with van der Waals surface area (Å²) in [6.45, 7) is 1.39. The number of benzene rings is 1. The van der Waals surface area contributed by atoms with Crippen LogP contribution in [0.25, 0.3) is 10.6 Å². The van der Waals surface area contributed by atoms with Gasteiger partial charge in [0.05, 0.1) is 4.88 Å². The molecule has 2 heterocycles. The average Bonchev–Trinajstić information content (AvgIpc) is 3.05. The Morgan fingerprint density at radius 3 is 2.58 bits per heavy atom. The van der Waals surface area contributed by atoms with Crippen molar-refractivity contribution < 1.29 is 13.9 Å². The molecule has 3 rings (SSSR count). The molecule has 0 fully saturated rings. The molecular formula is C18H15FN2O2S. The van der Waals surface area contributed by atoms with Gasteiger partial charge in [0, 0.05) is 37.5 Å². The van der Waals surface area contributed by atoms with Crippen LogP contribution in [0.1, 0.15) is 23.5 Å². The first-order valence-electron chi connectivity index (χ1n) is 7.39. The molecule has 2 aromatic heterocycles. The Labute approximate surface area is 143 Å². The lowest BCUT2D eigenvalue weighted by Gasteiger charge is -2.15. The first-order chi connectivity index (χ1) is 11.6. The summed E-state index contributed by atoms with van der Waals surface area (Å²) in [7, 11) is 0. The summed E-state index contributed by atoms with van der Waals surface area (Å²) in [5.74, 6) is -0.628. The number of rotatable bonds is 5. The summed E-state index contributed by atoms with van der Waals surface area (Å²) < 4.78 is 18.5. The Morgan fingerprint density at radius 2 is 1.92 bits per heavy atom. The lowest BCUT2D eigenvalue weighted by molar-refractivity contribution is -0.146. The van der Waals surface area contributed by atoms with E-state index < -0.39 is 6.10 Å². The number of halogens is 1. The van der Waals surface area contributed by atoms with Crippen LogP contribution in [-0.4, -0.2) is 15.9 Å². The van der Waals surface area contributed by atoms with Crippen LogP contribution >= 0.6 is 11.3 Å². The van der Waals surface area contributed by atoms with Gasteiger partial charge in [0.25, 0.3) is 0 Å². The monoisotopic (exact) mass is 342 g/mol. The van der Waals surface area contributed by atoms with Gasteiger partial charge >= 0.3 is 5.97 Å². The predicted octanol–water partition coefficient (Wildman–Crippen LogP) is 4.19. The topological polar surface area (TPSA) is 52.1 Å². The summed E-state index contributed by atoms with van der Waals surface area (Å²) >= 11 is 1.43. The van der Waals surface area contributed by atoms with E-state index in [0.29, 0.717) is 6.42 Å². The molecule has 0 saturated heterocycles. The number of pyridine rings is 1. The Hall–Kier alpha value is -2.60. The zero-order chi connectivity index (χ0) is 16.9. The van der Waals surface area contributed by atoms with Crippen molar-refractivity contribution in [1.82, 2.24) is 9.97 Å². The van der Waals surface area contributed by atoms with E-state index in [-0.39, 0.29) is 11.8 Å². The largest absolute Gasteiger partial charge is 0.456 e. The van der Waals surface area contributed by atoms with Gasteiger partial charge in [-0.3, -0.25) is 9.78 Å². The van der Waals surface area contributed by atoms with Crippen molar-refractivity contribution in [3.8, 4) is 10.6 Å². The number of esters is 1. The van der Waals surface area contributed by atoms with Gasteiger partial charge in [-0.25, -0.2) is 9.37 Å². The molecule has 0 N–H and O–H groups in total. The number of thiazole rings is 1. The average molecular weight is 342 g/mol. The smallest absolute Gasteiger partial charge is 0.303 e. The molecule has 0 saturated carbocycles. The number of carbonyl (C=O) groups is 1. The van der Waals surface area contributed by atoms with Crippen molar-refractivity contribution in [2.24, 2.45) is 0 Å². The summed E-state index contributed by atoms with van der Waals surface area (Å²) in [5.41, 5.74) is 1.85. The quantitative estimate of drug-likeness (QED) is 0.652. The van der Waals surface area contributed by atoms with Gasteiger partial charge in [-0.15, -0.1) is 11.3 Å². The maximum Gasteiger partial charge on any atom is 0.303 e. The van der Waals surface area contributed by atoms with Crippen LogP contribution in [0.15, 0.2) is 55.0 Å². The van der Waals surface area contributed by atoms with E-state index in [1.54, 1.807) is 30.7 Å². The van der Waals surface area contributed by atoms with Crippen LogP contribution in [0.4, 0.5) is 4.39 Å². The molecule has 0 aliphatic heterocycles. The van der Waals surface area contributed by atoms with E-state index in [1.807, 2.05) is 12.1 Å². The molecule has 0 bridgehead atoms. The van der Waals surface area contributed by atoms with Crippen molar-refractivity contribution >= 4 is 17.3 Å². The zero-order valence-corrected chi connectivity index (χ0v) is 13.8. The van der Waals surface area contributed by atoms with E-state index in [2.05, 4.69) is 9.97 Å². The van der Waals surface area contributed by atoms with Crippen LogP contribution in [0.3, 0.4) is 0 Å². The lowest BCUT2D eigenvalue weighted by Crippen LogP contribution is -2.10. The predicted molar refractivity (Wildman–Crippen MR) is 90.0 cm³/mol. The van der Waals surface area contributed by atoms with Gasteiger partial charge < -0.3 is 4.74 Å². The van der Waals surface area contributed by atoms with Crippen molar-refractivity contribution in [3.63, 3.8) is 0 Å². The van der Waals surface area contributed by atoms with Gasteiger partial charge in [0.15, 0.2) is 0 Å². The van der Waals surface area contributed by atoms with Crippen LogP contribution in [0.5, 0.6) is 0 Å². The standard InChI is InChI=1S/C18H15FN2O2S/c1-12(22)23-16(10-13-6-8-20-9-7-13)17-11-21-18(24-17)14-2-4-15(19)5-3-14/h2-9,11,16H,10H2,1H3. The molecule has 4 nitrogen and oxygen atoms in total. The molecule has 0 aliphatic carbocycles. The first kappa shape index (κ1) is 16.3. The normalized spacial score (nSPS) is 11.9. The minimum absolute atomic E-state index is 0.286. The third-order valence-electron chi connectivity index (χ3n) is 3.41. The number of carbonyl (C=O) groups excluding carboxylic acids is 1. The SMILES string of the molecule is CC(=O)OC(Cc1ccncc1)c1cnc(-c2ccc(F)cc2)s1. The van der Waals surface area contributed by atoms with Gasteiger partial charge in [-0.1, -0.05) is 0 Å². The van der Waals surface area contributed by atoms with Crippen LogP contribution in [-0.2, 0) is 16.0 Å². The molecule has 6 heteroatoms. The number of nitrogens with zero attached hydrogens (tertiary/aromatic N) is 2. The van der Waals surface area contributed by atoms with Crippen molar-refractivity contribution in [1.29, 1.82) is 0 Å². The maximum atomic E-state index is 13.0. The van der Waals surface area contributed by atoms with Gasteiger partial charge in [-0.2, -0.15) is 0 Å². The second-order valence-electron chi connectivity index (χ2n) is 5.23. The van der Waals surface area contributed by atoms with E-state index in [9.17, 15) is 9.18 Å². The summed E-state index contributed by atoms with van der Waals surface area (Å²) in [5, 5.41) is 0.761. The van der Waals surface area contributed by atoms with Crippen molar-refractivity contribution in [2.45, 2.75) is 19.4 Å². The van der Waals surface area contributed by atoms with Crippen LogP contribution in [0, 0.1) is 5.82 Å². The molecule has 122 valence electrons. The molecule has 0 spiro atoms. The Morgan fingerprint density at radius 1 is 1.21 bits per heavy atom. The van der Waals surface area contributed by atoms with E-state index in [1.165, 1.54) is 30.4 Å². The molecule has 1 aromatic carbocycles. The van der Waals surface area contributed by atoms with E-state index in [0.717, 1.165) is 21.0 Å². The zero-order valence-electron chi connectivity index (χ0n) is 13.0. The highest BCUT2D eigenvalue weighted by atomic mass is 32.1. The van der Waals surface area contributed by atoms with Gasteiger partial charge in [0.1, 0.15) is 16.9 Å². The first-order valence-corrected chi connectivity index (χ1v) is 8.21. The fourth-order valence-electron chi connectivity index (χ4n) is 2.29. The second-order valence-corrected chi connectivity index (χ2v) is 6.29. The number of ether oxygens (including phenoxy) is 1. The summed E-state index contributed by atoms with van der Waals surface area (Å²) in [6, 6.07) is 9.94. The maximum absolute atomic E-state index is 13.0. The lowest BCUT2D eigenvalue weighted by atomic mass is 10.1. The molecule has 1 atom stereocenters. The number of aromatic nitrogens is 2. The highest BCUT2D eigenvalue weighted by molar-refractivity contribution is 7.15. The number of hydrogen-bond donors (Lipinski definition) is 0. The van der Waals surface area contributed by atoms with Crippen molar-refractivity contribution in [3.05, 3.63) is 71.2 Å². The molecule has 0 aliphatic rings. The third kappa shape index (κ3) is 4.02. The molecule has 0 radical (unpaired) electrons. The molecule has 24 heavy (non-hydrogen) atoms. The minimum Gasteiger partial charge on any atom is -0.456 e. The Balaban J connectivity index is 1.85. The molecule has 3 aromatic rings. The van der Waals surface area contributed by atoms with E-state index >= 15 is 0 Å². The fourth-order valence-corrected chi connectivity index (χ4v) is 3.25. The summed E-state index contributed by atoms with van der Waals surface area (Å²) in [4.78, 5) is 20.7. The fraction of sp³-hybridized carbons (Fsp3) is 0.167. The third-order valence-corrected chi connectivity index (χ3v) is 4.55. The number of hydrogen-bond acceptors (Lipinski definition) is 5. The van der Waals surface area contributed by atoms with Gasteiger partial charge in [0.2, 0.25) is 0 Å². The molecule has 0 amide bonds. The van der Waals surface area contributed by atoms with Crippen molar-refractivity contribution in [2.75, 3.05) is 0 Å². The molecular weight excluding hydrogens is 327 g/mol. The summed E-state index contributed by atoms with van der Waals surface area (Å²) in [6.07, 6.45) is 5.26. The second kappa shape index (κ2) is 7.31. The molecule has 1 unspecified atom stereocenters. The Kier molecular flexibility index (Phi) is 4.96. The minimum atomic E-state index is -0.406. The van der Waals surface area contributed by atoms with Crippen LogP contribution in [0.2, 0.25) is 0 Å². The van der Waals surface area contributed by atoms with E-state index in [4.69, 9.17) is 4.74 Å². The Bertz CT molecular complexity index is 819.